The average Bonchev–Trinajstić information content (AvgIpc) is 3.13. The minimum atomic E-state index is -0.298. The van der Waals surface area contributed by atoms with Crippen molar-refractivity contribution in [2.45, 2.75) is 20.0 Å². The molecule has 2 heterocycles. The van der Waals surface area contributed by atoms with E-state index < -0.39 is 0 Å². The third-order valence-electron chi connectivity index (χ3n) is 4.65. The third-order valence-corrected chi connectivity index (χ3v) is 4.65. The second kappa shape index (κ2) is 5.97. The van der Waals surface area contributed by atoms with Gasteiger partial charge in [0.1, 0.15) is 11.5 Å². The van der Waals surface area contributed by atoms with E-state index in [1.807, 2.05) is 48.9 Å². The summed E-state index contributed by atoms with van der Waals surface area (Å²) < 4.78 is 21.1. The van der Waals surface area contributed by atoms with E-state index in [2.05, 4.69) is 0 Å². The standard InChI is InChI=1S/C21H18FNO2/c1-3-25-13(2)17-12-23-18-7-5-4-6-16(18)21(24)20(23)19(17)14-8-10-15(22)11-9-14/h4-13H,3H2,1-2H3. The summed E-state index contributed by atoms with van der Waals surface area (Å²) in [7, 11) is 0. The van der Waals surface area contributed by atoms with Gasteiger partial charge in [-0.05, 0) is 43.7 Å². The molecule has 0 radical (unpaired) electrons. The van der Waals surface area contributed by atoms with Gasteiger partial charge in [0.05, 0.1) is 11.8 Å². The van der Waals surface area contributed by atoms with E-state index in [4.69, 9.17) is 4.74 Å². The monoisotopic (exact) mass is 335 g/mol. The van der Waals surface area contributed by atoms with E-state index in [1.165, 1.54) is 12.1 Å². The Balaban J connectivity index is 1.97. The lowest BCUT2D eigenvalue weighted by Crippen LogP contribution is -2.03. The van der Waals surface area contributed by atoms with Crippen molar-refractivity contribution in [1.29, 1.82) is 0 Å². The molecular formula is C21H18FNO2. The molecule has 1 aliphatic heterocycles. The predicted octanol–water partition coefficient (Wildman–Crippen LogP) is 4.93. The number of ether oxygens (including phenoxy) is 1. The zero-order valence-corrected chi connectivity index (χ0v) is 14.1. The van der Waals surface area contributed by atoms with Crippen molar-refractivity contribution in [3.63, 3.8) is 0 Å². The second-order valence-electron chi connectivity index (χ2n) is 6.13. The van der Waals surface area contributed by atoms with Crippen molar-refractivity contribution in [3.05, 3.63) is 77.4 Å². The Labute approximate surface area is 145 Å². The highest BCUT2D eigenvalue weighted by Gasteiger charge is 2.33. The summed E-state index contributed by atoms with van der Waals surface area (Å²) in [6.45, 7) is 4.49. The normalized spacial score (nSPS) is 13.6. The number of para-hydroxylation sites is 1. The molecule has 1 atom stereocenters. The Kier molecular flexibility index (Phi) is 3.77. The fourth-order valence-corrected chi connectivity index (χ4v) is 3.51. The minimum Gasteiger partial charge on any atom is -0.374 e. The van der Waals surface area contributed by atoms with E-state index in [-0.39, 0.29) is 17.7 Å². The molecule has 4 rings (SSSR count). The van der Waals surface area contributed by atoms with Gasteiger partial charge in [-0.1, -0.05) is 24.3 Å². The van der Waals surface area contributed by atoms with Crippen molar-refractivity contribution >= 4 is 5.78 Å². The number of hydrogen-bond donors (Lipinski definition) is 0. The molecule has 4 heteroatoms. The molecule has 0 amide bonds. The second-order valence-corrected chi connectivity index (χ2v) is 6.13. The largest absolute Gasteiger partial charge is 0.374 e. The van der Waals surface area contributed by atoms with Crippen LogP contribution in [0.15, 0.2) is 54.7 Å². The highest BCUT2D eigenvalue weighted by Crippen LogP contribution is 2.41. The summed E-state index contributed by atoms with van der Waals surface area (Å²) in [5, 5.41) is 0. The Morgan fingerprint density at radius 1 is 1.12 bits per heavy atom. The first-order valence-corrected chi connectivity index (χ1v) is 8.38. The molecule has 1 unspecified atom stereocenters. The molecule has 3 nitrogen and oxygen atoms in total. The molecule has 3 aromatic rings. The maximum absolute atomic E-state index is 13.4. The van der Waals surface area contributed by atoms with Crippen molar-refractivity contribution in [3.8, 4) is 16.8 Å². The molecule has 0 saturated carbocycles. The van der Waals surface area contributed by atoms with Crippen LogP contribution in [0.1, 0.15) is 41.6 Å². The molecule has 0 bridgehead atoms. The van der Waals surface area contributed by atoms with E-state index >= 15 is 0 Å². The number of aromatic nitrogens is 1. The highest BCUT2D eigenvalue weighted by molar-refractivity contribution is 6.17. The SMILES string of the molecule is CCOC(C)c1cn2c(c1-c1ccc(F)cc1)C(=O)c1ccccc1-2. The fraction of sp³-hybridized carbons (Fsp3) is 0.190. The molecular weight excluding hydrogens is 317 g/mol. The lowest BCUT2D eigenvalue weighted by atomic mass is 9.96. The Morgan fingerprint density at radius 3 is 2.56 bits per heavy atom. The Morgan fingerprint density at radius 2 is 1.84 bits per heavy atom. The van der Waals surface area contributed by atoms with Crippen LogP contribution in [0.2, 0.25) is 0 Å². The van der Waals surface area contributed by atoms with Crippen LogP contribution in [0.3, 0.4) is 0 Å². The van der Waals surface area contributed by atoms with Crippen LogP contribution in [0.25, 0.3) is 16.8 Å². The number of rotatable bonds is 4. The molecule has 1 aromatic heterocycles. The summed E-state index contributed by atoms with van der Waals surface area (Å²) in [6.07, 6.45) is 1.81. The minimum absolute atomic E-state index is 0.00938. The van der Waals surface area contributed by atoms with Crippen molar-refractivity contribution in [2.75, 3.05) is 6.61 Å². The molecule has 0 aliphatic carbocycles. The van der Waals surface area contributed by atoms with Crippen molar-refractivity contribution < 1.29 is 13.9 Å². The van der Waals surface area contributed by atoms with Crippen LogP contribution in [-0.2, 0) is 4.74 Å². The first-order chi connectivity index (χ1) is 12.1. The first-order valence-electron chi connectivity index (χ1n) is 8.38. The van der Waals surface area contributed by atoms with Crippen LogP contribution in [0, 0.1) is 5.82 Å². The van der Waals surface area contributed by atoms with Crippen LogP contribution in [0.4, 0.5) is 4.39 Å². The maximum Gasteiger partial charge on any atom is 0.212 e. The van der Waals surface area contributed by atoms with Gasteiger partial charge in [-0.2, -0.15) is 0 Å². The summed E-state index contributed by atoms with van der Waals surface area (Å²) >= 11 is 0. The summed E-state index contributed by atoms with van der Waals surface area (Å²) in [5.41, 5.74) is 4.76. The number of hydrogen-bond acceptors (Lipinski definition) is 2. The van der Waals surface area contributed by atoms with E-state index in [1.54, 1.807) is 12.1 Å². The average molecular weight is 335 g/mol. The topological polar surface area (TPSA) is 31.2 Å². The number of nitrogens with zero attached hydrogens (tertiary/aromatic N) is 1. The number of carbonyl (C=O) groups excluding carboxylic acids is 1. The number of halogens is 1. The number of carbonyl (C=O) groups is 1. The quantitative estimate of drug-likeness (QED) is 0.530. The summed E-state index contributed by atoms with van der Waals surface area (Å²) in [4.78, 5) is 13.0. The van der Waals surface area contributed by atoms with Crippen LogP contribution < -0.4 is 0 Å². The Bertz CT molecular complexity index is 957. The predicted molar refractivity (Wildman–Crippen MR) is 94.6 cm³/mol. The molecule has 2 aromatic carbocycles. The van der Waals surface area contributed by atoms with Crippen molar-refractivity contribution in [2.24, 2.45) is 0 Å². The zero-order valence-electron chi connectivity index (χ0n) is 14.1. The first kappa shape index (κ1) is 15.8. The van der Waals surface area contributed by atoms with Crippen LogP contribution in [-0.4, -0.2) is 17.0 Å². The lowest BCUT2D eigenvalue weighted by Gasteiger charge is -2.14. The van der Waals surface area contributed by atoms with E-state index in [0.717, 1.165) is 22.4 Å². The van der Waals surface area contributed by atoms with Gasteiger partial charge in [-0.25, -0.2) is 4.39 Å². The highest BCUT2D eigenvalue weighted by atomic mass is 19.1. The maximum atomic E-state index is 13.4. The van der Waals surface area contributed by atoms with E-state index in [0.29, 0.717) is 17.9 Å². The lowest BCUT2D eigenvalue weighted by molar-refractivity contribution is 0.0768. The van der Waals surface area contributed by atoms with Gasteiger partial charge in [-0.3, -0.25) is 4.79 Å². The number of ketones is 1. The van der Waals surface area contributed by atoms with Gasteiger partial charge in [0, 0.05) is 29.5 Å². The van der Waals surface area contributed by atoms with Gasteiger partial charge in [0.25, 0.3) is 0 Å². The summed E-state index contributed by atoms with van der Waals surface area (Å²) in [5.74, 6) is -0.307. The molecule has 0 fully saturated rings. The smallest absolute Gasteiger partial charge is 0.212 e. The van der Waals surface area contributed by atoms with Gasteiger partial charge in [0.2, 0.25) is 5.78 Å². The van der Waals surface area contributed by atoms with Gasteiger partial charge in [-0.15, -0.1) is 0 Å². The van der Waals surface area contributed by atoms with Gasteiger partial charge < -0.3 is 9.30 Å². The van der Waals surface area contributed by atoms with Crippen LogP contribution >= 0.6 is 0 Å². The fourth-order valence-electron chi connectivity index (χ4n) is 3.51. The van der Waals surface area contributed by atoms with Crippen molar-refractivity contribution in [1.82, 2.24) is 4.57 Å². The molecule has 25 heavy (non-hydrogen) atoms. The third kappa shape index (κ3) is 2.41. The number of benzene rings is 2. The Hall–Kier alpha value is -2.72. The molecule has 1 aliphatic rings. The molecule has 0 spiro atoms. The number of fused-ring (bicyclic) bond motifs is 3. The molecule has 0 saturated heterocycles. The van der Waals surface area contributed by atoms with E-state index in [9.17, 15) is 9.18 Å². The van der Waals surface area contributed by atoms with Gasteiger partial charge >= 0.3 is 0 Å². The molecule has 0 N–H and O–H groups in total. The van der Waals surface area contributed by atoms with Crippen LogP contribution in [0.5, 0.6) is 0 Å². The molecule has 126 valence electrons. The van der Waals surface area contributed by atoms with Gasteiger partial charge in [0.15, 0.2) is 0 Å². The summed E-state index contributed by atoms with van der Waals surface area (Å²) in [6, 6.07) is 13.8. The zero-order chi connectivity index (χ0) is 17.6.